The second-order valence-corrected chi connectivity index (χ2v) is 2.85. The molecular weight excluding hydrogens is 232 g/mol. The SMILES string of the molecule is CNC(=O)COc1cccc(C(N)=O)c1.Cl. The molecule has 0 aliphatic heterocycles. The van der Waals surface area contributed by atoms with E-state index < -0.39 is 5.91 Å². The van der Waals surface area contributed by atoms with Crippen molar-refractivity contribution in [2.75, 3.05) is 13.7 Å². The summed E-state index contributed by atoms with van der Waals surface area (Å²) in [6.45, 7) is -0.0846. The minimum Gasteiger partial charge on any atom is -0.484 e. The number of carbonyl (C=O) groups excluding carboxylic acids is 2. The van der Waals surface area contributed by atoms with Crippen LogP contribution in [0.5, 0.6) is 5.75 Å². The zero-order valence-corrected chi connectivity index (χ0v) is 9.54. The zero-order valence-electron chi connectivity index (χ0n) is 8.73. The maximum Gasteiger partial charge on any atom is 0.257 e. The Morgan fingerprint density at radius 1 is 1.44 bits per heavy atom. The van der Waals surface area contributed by atoms with E-state index in [1.54, 1.807) is 18.2 Å². The fraction of sp³-hybridized carbons (Fsp3) is 0.200. The predicted octanol–water partition coefficient (Wildman–Crippen LogP) is 0.332. The first kappa shape index (κ1) is 14.2. The third-order valence-electron chi connectivity index (χ3n) is 1.77. The second kappa shape index (κ2) is 6.68. The van der Waals surface area contributed by atoms with Crippen LogP contribution >= 0.6 is 12.4 Å². The molecule has 1 aromatic carbocycles. The molecule has 0 aromatic heterocycles. The summed E-state index contributed by atoms with van der Waals surface area (Å²) in [6, 6.07) is 6.36. The van der Waals surface area contributed by atoms with Crippen molar-refractivity contribution in [2.24, 2.45) is 5.73 Å². The van der Waals surface area contributed by atoms with Gasteiger partial charge in [-0.2, -0.15) is 0 Å². The molecule has 5 nitrogen and oxygen atoms in total. The third-order valence-corrected chi connectivity index (χ3v) is 1.77. The van der Waals surface area contributed by atoms with Crippen molar-refractivity contribution in [3.05, 3.63) is 29.8 Å². The van der Waals surface area contributed by atoms with E-state index in [0.717, 1.165) is 0 Å². The van der Waals surface area contributed by atoms with Crippen LogP contribution in [0.4, 0.5) is 0 Å². The van der Waals surface area contributed by atoms with Crippen LogP contribution in [0.3, 0.4) is 0 Å². The van der Waals surface area contributed by atoms with Gasteiger partial charge in [0.1, 0.15) is 5.75 Å². The van der Waals surface area contributed by atoms with Crippen LogP contribution in [0.1, 0.15) is 10.4 Å². The van der Waals surface area contributed by atoms with Crippen LogP contribution < -0.4 is 15.8 Å². The van der Waals surface area contributed by atoms with Crippen LogP contribution in [-0.4, -0.2) is 25.5 Å². The van der Waals surface area contributed by atoms with Gasteiger partial charge in [-0.05, 0) is 18.2 Å². The number of rotatable bonds is 4. The lowest BCUT2D eigenvalue weighted by atomic mass is 10.2. The number of likely N-dealkylation sites (N-methyl/N-ethyl adjacent to an activating group) is 1. The Morgan fingerprint density at radius 2 is 2.12 bits per heavy atom. The first-order valence-corrected chi connectivity index (χ1v) is 4.36. The van der Waals surface area contributed by atoms with Gasteiger partial charge in [0.05, 0.1) is 0 Å². The van der Waals surface area contributed by atoms with Crippen LogP contribution in [0, 0.1) is 0 Å². The number of benzene rings is 1. The Hall–Kier alpha value is -1.75. The Labute approximate surface area is 99.4 Å². The molecule has 0 fully saturated rings. The maximum absolute atomic E-state index is 10.9. The summed E-state index contributed by atoms with van der Waals surface area (Å²) in [7, 11) is 1.52. The van der Waals surface area contributed by atoms with E-state index in [1.807, 2.05) is 0 Å². The van der Waals surface area contributed by atoms with Crippen LogP contribution in [0.2, 0.25) is 0 Å². The zero-order chi connectivity index (χ0) is 11.3. The summed E-state index contributed by atoms with van der Waals surface area (Å²) >= 11 is 0. The number of amides is 2. The summed E-state index contributed by atoms with van der Waals surface area (Å²) in [6.07, 6.45) is 0. The van der Waals surface area contributed by atoms with Crippen molar-refractivity contribution >= 4 is 24.2 Å². The average molecular weight is 245 g/mol. The molecule has 0 spiro atoms. The smallest absolute Gasteiger partial charge is 0.257 e. The number of halogens is 1. The summed E-state index contributed by atoms with van der Waals surface area (Å²) in [5.74, 6) is -0.324. The van der Waals surface area contributed by atoms with E-state index in [0.29, 0.717) is 11.3 Å². The number of carbonyl (C=O) groups is 2. The van der Waals surface area contributed by atoms with E-state index in [2.05, 4.69) is 5.32 Å². The van der Waals surface area contributed by atoms with Gasteiger partial charge in [0.25, 0.3) is 5.91 Å². The molecule has 88 valence electrons. The molecule has 0 heterocycles. The molecule has 0 unspecified atom stereocenters. The average Bonchev–Trinajstić information content (AvgIpc) is 2.26. The van der Waals surface area contributed by atoms with Crippen LogP contribution in [0.15, 0.2) is 24.3 Å². The standard InChI is InChI=1S/C10H12N2O3.ClH/c1-12-9(13)6-15-8-4-2-3-7(5-8)10(11)14;/h2-5H,6H2,1H3,(H2,11,14)(H,12,13);1H. The molecule has 0 saturated heterocycles. The van der Waals surface area contributed by atoms with Crippen molar-refractivity contribution in [1.82, 2.24) is 5.32 Å². The molecule has 1 aromatic rings. The molecule has 0 radical (unpaired) electrons. The molecule has 0 aliphatic carbocycles. The minimum absolute atomic E-state index is 0. The van der Waals surface area contributed by atoms with Crippen molar-refractivity contribution in [3.8, 4) is 5.75 Å². The number of hydrogen-bond donors (Lipinski definition) is 2. The maximum atomic E-state index is 10.9. The highest BCUT2D eigenvalue weighted by atomic mass is 35.5. The molecule has 1 rings (SSSR count). The quantitative estimate of drug-likeness (QED) is 0.801. The van der Waals surface area contributed by atoms with E-state index in [9.17, 15) is 9.59 Å². The number of primary amides is 1. The van der Waals surface area contributed by atoms with E-state index in [-0.39, 0.29) is 24.9 Å². The summed E-state index contributed by atoms with van der Waals surface area (Å²) in [4.78, 5) is 21.7. The Kier molecular flexibility index (Phi) is 5.95. The minimum atomic E-state index is -0.527. The summed E-state index contributed by atoms with van der Waals surface area (Å²) < 4.78 is 5.13. The fourth-order valence-electron chi connectivity index (χ4n) is 0.960. The highest BCUT2D eigenvalue weighted by molar-refractivity contribution is 5.93. The molecular formula is C10H13ClN2O3. The van der Waals surface area contributed by atoms with Gasteiger partial charge in [-0.15, -0.1) is 12.4 Å². The normalized spacial score (nSPS) is 8.81. The van der Waals surface area contributed by atoms with Gasteiger partial charge in [-0.25, -0.2) is 0 Å². The highest BCUT2D eigenvalue weighted by Crippen LogP contribution is 2.12. The predicted molar refractivity (Wildman–Crippen MR) is 61.8 cm³/mol. The van der Waals surface area contributed by atoms with Gasteiger partial charge in [0, 0.05) is 12.6 Å². The highest BCUT2D eigenvalue weighted by Gasteiger charge is 2.03. The third kappa shape index (κ3) is 4.18. The van der Waals surface area contributed by atoms with E-state index in [4.69, 9.17) is 10.5 Å². The Morgan fingerprint density at radius 3 is 2.69 bits per heavy atom. The number of nitrogens with one attached hydrogen (secondary N) is 1. The van der Waals surface area contributed by atoms with Crippen molar-refractivity contribution in [2.45, 2.75) is 0 Å². The largest absolute Gasteiger partial charge is 0.484 e. The lowest BCUT2D eigenvalue weighted by Crippen LogP contribution is -2.24. The summed E-state index contributed by atoms with van der Waals surface area (Å²) in [5.41, 5.74) is 5.44. The number of ether oxygens (including phenoxy) is 1. The topological polar surface area (TPSA) is 81.4 Å². The monoisotopic (exact) mass is 244 g/mol. The van der Waals surface area contributed by atoms with Crippen LogP contribution in [0.25, 0.3) is 0 Å². The first-order valence-electron chi connectivity index (χ1n) is 4.36. The Balaban J connectivity index is 0.00000225. The molecule has 16 heavy (non-hydrogen) atoms. The van der Waals surface area contributed by atoms with Gasteiger partial charge in [0.15, 0.2) is 6.61 Å². The molecule has 3 N–H and O–H groups in total. The summed E-state index contributed by atoms with van der Waals surface area (Å²) in [5, 5.41) is 2.42. The second-order valence-electron chi connectivity index (χ2n) is 2.85. The van der Waals surface area contributed by atoms with Gasteiger partial charge in [-0.1, -0.05) is 6.07 Å². The number of hydrogen-bond acceptors (Lipinski definition) is 3. The van der Waals surface area contributed by atoms with Gasteiger partial charge >= 0.3 is 0 Å². The van der Waals surface area contributed by atoms with Crippen molar-refractivity contribution < 1.29 is 14.3 Å². The molecule has 0 saturated carbocycles. The van der Waals surface area contributed by atoms with Gasteiger partial charge < -0.3 is 15.8 Å². The molecule has 0 bridgehead atoms. The van der Waals surface area contributed by atoms with E-state index in [1.165, 1.54) is 13.1 Å². The Bertz CT molecular complexity index is 382. The van der Waals surface area contributed by atoms with Crippen LogP contribution in [-0.2, 0) is 4.79 Å². The lowest BCUT2D eigenvalue weighted by Gasteiger charge is -2.05. The first-order chi connectivity index (χ1) is 7.13. The lowest BCUT2D eigenvalue weighted by molar-refractivity contribution is -0.122. The van der Waals surface area contributed by atoms with Gasteiger partial charge in [-0.3, -0.25) is 9.59 Å². The molecule has 2 amide bonds. The molecule has 0 aliphatic rings. The van der Waals surface area contributed by atoms with E-state index >= 15 is 0 Å². The molecule has 6 heteroatoms. The van der Waals surface area contributed by atoms with Crippen molar-refractivity contribution in [1.29, 1.82) is 0 Å². The van der Waals surface area contributed by atoms with Gasteiger partial charge in [0.2, 0.25) is 5.91 Å². The van der Waals surface area contributed by atoms with Crippen molar-refractivity contribution in [3.63, 3.8) is 0 Å². The fourth-order valence-corrected chi connectivity index (χ4v) is 0.960. The number of nitrogens with two attached hydrogens (primary N) is 1. The molecule has 0 atom stereocenters.